The predicted octanol–water partition coefficient (Wildman–Crippen LogP) is 10.7. The number of hydrogen-bond acceptors (Lipinski definition) is 0. The molecule has 0 heteroatoms. The first-order valence-corrected chi connectivity index (χ1v) is 12.7. The van der Waals surface area contributed by atoms with Crippen molar-refractivity contribution in [1.82, 2.24) is 0 Å². The summed E-state index contributed by atoms with van der Waals surface area (Å²) in [6.45, 7) is 21.5. The fourth-order valence-corrected chi connectivity index (χ4v) is 3.53. The van der Waals surface area contributed by atoms with Gasteiger partial charge >= 0.3 is 0 Å². The molecule has 0 aromatic heterocycles. The highest BCUT2D eigenvalue weighted by atomic mass is 14.2. The maximum atomic E-state index is 3.69. The van der Waals surface area contributed by atoms with Crippen molar-refractivity contribution >= 4 is 0 Å². The van der Waals surface area contributed by atoms with Crippen molar-refractivity contribution in [3.8, 4) is 0 Å². The minimum absolute atomic E-state index is 0.474. The first-order chi connectivity index (χ1) is 13.8. The molecule has 2 unspecified atom stereocenters. The van der Waals surface area contributed by atoms with Crippen molar-refractivity contribution in [3.63, 3.8) is 0 Å². The van der Waals surface area contributed by atoms with Crippen LogP contribution in [0, 0.1) is 17.3 Å². The van der Waals surface area contributed by atoms with Gasteiger partial charge in [-0.1, -0.05) is 110 Å². The lowest BCUT2D eigenvalue weighted by Crippen LogP contribution is -2.06. The van der Waals surface area contributed by atoms with Crippen molar-refractivity contribution in [2.75, 3.05) is 0 Å². The lowest BCUT2D eigenvalue weighted by Gasteiger charge is -2.19. The third-order valence-corrected chi connectivity index (χ3v) is 5.87. The molecule has 0 fully saturated rings. The second-order valence-electron chi connectivity index (χ2n) is 9.75. The summed E-state index contributed by atoms with van der Waals surface area (Å²) in [7, 11) is 0. The fourth-order valence-electron chi connectivity index (χ4n) is 3.53. The highest BCUT2D eigenvalue weighted by Crippen LogP contribution is 2.26. The Morgan fingerprint density at radius 3 is 2.00 bits per heavy atom. The monoisotopic (exact) mass is 404 g/mol. The van der Waals surface area contributed by atoms with Crippen molar-refractivity contribution < 1.29 is 0 Å². The predicted molar refractivity (Wildman–Crippen MR) is 138 cm³/mol. The second kappa shape index (κ2) is 20.5. The van der Waals surface area contributed by atoms with E-state index in [1.807, 2.05) is 6.08 Å². The number of allylic oxidation sites excluding steroid dienone is 5. The minimum Gasteiger partial charge on any atom is -0.103 e. The molecule has 0 aromatic rings. The molecule has 0 amide bonds. The van der Waals surface area contributed by atoms with Gasteiger partial charge in [-0.15, -0.1) is 6.58 Å². The van der Waals surface area contributed by atoms with Gasteiger partial charge in [0, 0.05) is 0 Å². The Labute approximate surface area is 186 Å². The Hall–Kier alpha value is -0.780. The molecule has 172 valence electrons. The van der Waals surface area contributed by atoms with Crippen LogP contribution >= 0.6 is 0 Å². The topological polar surface area (TPSA) is 0 Å². The van der Waals surface area contributed by atoms with Crippen LogP contribution in [-0.4, -0.2) is 0 Å². The smallest absolute Gasteiger partial charge is 0.0231 e. The summed E-state index contributed by atoms with van der Waals surface area (Å²) in [4.78, 5) is 0. The van der Waals surface area contributed by atoms with Gasteiger partial charge in [0.05, 0.1) is 0 Å². The summed E-state index contributed by atoms with van der Waals surface area (Å²) < 4.78 is 0. The first kappa shape index (κ1) is 30.4. The summed E-state index contributed by atoms with van der Waals surface area (Å²) in [6.07, 6.45) is 25.1. The van der Waals surface area contributed by atoms with E-state index in [4.69, 9.17) is 0 Å². The maximum Gasteiger partial charge on any atom is -0.0231 e. The van der Waals surface area contributed by atoms with E-state index in [0.717, 1.165) is 18.3 Å². The van der Waals surface area contributed by atoms with E-state index in [9.17, 15) is 0 Å². The van der Waals surface area contributed by atoms with Crippen molar-refractivity contribution in [2.24, 2.45) is 17.3 Å². The quantitative estimate of drug-likeness (QED) is 0.370. The molecule has 0 saturated heterocycles. The van der Waals surface area contributed by atoms with E-state index in [-0.39, 0.29) is 0 Å². The van der Waals surface area contributed by atoms with Gasteiger partial charge < -0.3 is 0 Å². The summed E-state index contributed by atoms with van der Waals surface area (Å²) in [5.41, 5.74) is 2.08. The molecule has 2 aliphatic carbocycles. The molecule has 0 nitrogen and oxygen atoms in total. The van der Waals surface area contributed by atoms with E-state index >= 15 is 0 Å². The Bertz CT molecular complexity index is 410. The zero-order valence-corrected chi connectivity index (χ0v) is 21.7. The van der Waals surface area contributed by atoms with Crippen LogP contribution in [0.3, 0.4) is 0 Å². The summed E-state index contributed by atoms with van der Waals surface area (Å²) in [5, 5.41) is 0. The summed E-state index contributed by atoms with van der Waals surface area (Å²) in [5.74, 6) is 1.94. The molecular formula is C29H56. The molecule has 2 aliphatic rings. The third-order valence-electron chi connectivity index (χ3n) is 5.87. The Morgan fingerprint density at radius 2 is 1.66 bits per heavy atom. The average Bonchev–Trinajstić information content (AvgIpc) is 3.19. The molecule has 2 atom stereocenters. The molecule has 0 heterocycles. The number of hydrogen-bond donors (Lipinski definition) is 0. The zero-order valence-electron chi connectivity index (χ0n) is 21.7. The Morgan fingerprint density at radius 1 is 1.03 bits per heavy atom. The van der Waals surface area contributed by atoms with Crippen LogP contribution in [0.1, 0.15) is 132 Å². The van der Waals surface area contributed by atoms with Crippen LogP contribution in [0.15, 0.2) is 36.5 Å². The van der Waals surface area contributed by atoms with Crippen LogP contribution in [-0.2, 0) is 0 Å². The highest BCUT2D eigenvalue weighted by molar-refractivity contribution is 5.02. The average molecular weight is 405 g/mol. The van der Waals surface area contributed by atoms with Crippen LogP contribution < -0.4 is 0 Å². The zero-order chi connectivity index (χ0) is 22.5. The van der Waals surface area contributed by atoms with Gasteiger partial charge in [0.25, 0.3) is 0 Å². The molecule has 2 rings (SSSR count). The standard InChI is InChI=1S/C10H18.C8H14.C8H16.C3H8/c1-3-4-10-7-5-9(2)6-8-10;1-2-5-8-6-3-4-7-8;1-5-7-8(3,4)6-2;1-3-2/h5,10H,3-4,6-8H2,1-2H3;3,6,8H,2,4-5,7H2,1H3;5H,1,6-7H2,2-4H3;3H2,1-2H3. The maximum absolute atomic E-state index is 3.69. The van der Waals surface area contributed by atoms with Crippen LogP contribution in [0.25, 0.3) is 0 Å². The van der Waals surface area contributed by atoms with Gasteiger partial charge in [0.15, 0.2) is 0 Å². The van der Waals surface area contributed by atoms with E-state index in [1.54, 1.807) is 5.57 Å². The van der Waals surface area contributed by atoms with E-state index in [0.29, 0.717) is 5.41 Å². The van der Waals surface area contributed by atoms with Crippen LogP contribution in [0.2, 0.25) is 0 Å². The van der Waals surface area contributed by atoms with Gasteiger partial charge in [-0.3, -0.25) is 0 Å². The molecule has 0 bridgehead atoms. The lowest BCUT2D eigenvalue weighted by molar-refractivity contribution is 0.357. The van der Waals surface area contributed by atoms with E-state index in [1.165, 1.54) is 70.6 Å². The molecule has 0 radical (unpaired) electrons. The normalized spacial score (nSPS) is 20.2. The Balaban J connectivity index is 0. The summed E-state index contributed by atoms with van der Waals surface area (Å²) >= 11 is 0. The van der Waals surface area contributed by atoms with Gasteiger partial charge in [0.2, 0.25) is 0 Å². The van der Waals surface area contributed by atoms with Gasteiger partial charge in [-0.2, -0.15) is 0 Å². The van der Waals surface area contributed by atoms with Crippen molar-refractivity contribution in [1.29, 1.82) is 0 Å². The number of rotatable bonds is 7. The lowest BCUT2D eigenvalue weighted by atomic mass is 9.87. The molecule has 29 heavy (non-hydrogen) atoms. The molecule has 0 spiro atoms. The first-order valence-electron chi connectivity index (χ1n) is 12.7. The largest absolute Gasteiger partial charge is 0.103 e. The van der Waals surface area contributed by atoms with E-state index < -0.39 is 0 Å². The molecular weight excluding hydrogens is 348 g/mol. The SMILES string of the molecule is C=CCC(C)(C)CC.CCC.CCCC1C=CCC1.CCCC1CC=C(C)CC1. The third kappa shape index (κ3) is 20.3. The van der Waals surface area contributed by atoms with Crippen LogP contribution in [0.5, 0.6) is 0 Å². The van der Waals surface area contributed by atoms with Gasteiger partial charge in [-0.05, 0) is 69.1 Å². The van der Waals surface area contributed by atoms with E-state index in [2.05, 4.69) is 80.2 Å². The fraction of sp³-hybridized carbons (Fsp3) is 0.793. The minimum atomic E-state index is 0.474. The van der Waals surface area contributed by atoms with Gasteiger partial charge in [0.1, 0.15) is 0 Å². The molecule has 0 saturated carbocycles. The molecule has 0 N–H and O–H groups in total. The molecule has 0 aromatic carbocycles. The Kier molecular flexibility index (Phi) is 21.5. The highest BCUT2D eigenvalue weighted by Gasteiger charge is 2.11. The second-order valence-corrected chi connectivity index (χ2v) is 9.75. The van der Waals surface area contributed by atoms with Crippen LogP contribution in [0.4, 0.5) is 0 Å². The van der Waals surface area contributed by atoms with Crippen molar-refractivity contribution in [3.05, 3.63) is 36.5 Å². The summed E-state index contributed by atoms with van der Waals surface area (Å²) in [6, 6.07) is 0. The molecule has 0 aliphatic heterocycles. The van der Waals surface area contributed by atoms with Gasteiger partial charge in [-0.25, -0.2) is 0 Å². The van der Waals surface area contributed by atoms with Crippen molar-refractivity contribution in [2.45, 2.75) is 132 Å².